The van der Waals surface area contributed by atoms with Crippen LogP contribution in [0.25, 0.3) is 11.3 Å². The number of nitrogens with zero attached hydrogens (tertiary/aromatic N) is 3. The molecule has 1 unspecified atom stereocenters. The third kappa shape index (κ3) is 4.53. The van der Waals surface area contributed by atoms with Crippen molar-refractivity contribution in [3.63, 3.8) is 0 Å². The molecule has 6 rings (SSSR count). The highest BCUT2D eigenvalue weighted by molar-refractivity contribution is 7.80. The summed E-state index contributed by atoms with van der Waals surface area (Å²) in [6, 6.07) is 20.8. The number of halogens is 1. The Morgan fingerprint density at radius 2 is 1.94 bits per heavy atom. The van der Waals surface area contributed by atoms with Crippen molar-refractivity contribution in [1.82, 2.24) is 20.0 Å². The van der Waals surface area contributed by atoms with Crippen molar-refractivity contribution in [3.05, 3.63) is 71.4 Å². The van der Waals surface area contributed by atoms with Crippen molar-refractivity contribution in [3.8, 4) is 11.3 Å². The van der Waals surface area contributed by atoms with E-state index >= 15 is 0 Å². The van der Waals surface area contributed by atoms with Crippen molar-refractivity contribution in [2.24, 2.45) is 13.0 Å². The summed E-state index contributed by atoms with van der Waals surface area (Å²) in [6.45, 7) is 3.11. The average Bonchev–Trinajstić information content (AvgIpc) is 3.21. The van der Waals surface area contributed by atoms with Crippen LogP contribution in [-0.2, 0) is 7.05 Å². The second kappa shape index (κ2) is 9.22. The van der Waals surface area contributed by atoms with Gasteiger partial charge < -0.3 is 10.6 Å². The number of fused-ring (bicyclic) bond motifs is 3. The first-order valence-electron chi connectivity index (χ1n) is 11.2. The maximum absolute atomic E-state index is 5.96. The number of benzene rings is 2. The van der Waals surface area contributed by atoms with E-state index in [1.54, 1.807) is 0 Å². The predicted octanol–water partition coefficient (Wildman–Crippen LogP) is 4.90. The van der Waals surface area contributed by atoms with Gasteiger partial charge in [0.2, 0.25) is 0 Å². The van der Waals surface area contributed by atoms with Crippen molar-refractivity contribution in [2.45, 2.75) is 24.8 Å². The minimum Gasteiger partial charge on any atom is -0.361 e. The molecular formula is C25H28ClN5S. The normalized spacial score (nSPS) is 24.3. The Bertz CT molecular complexity index is 1080. The first-order chi connectivity index (χ1) is 15.6. The van der Waals surface area contributed by atoms with E-state index in [0.717, 1.165) is 36.0 Å². The van der Waals surface area contributed by atoms with Crippen LogP contribution < -0.4 is 10.6 Å². The highest BCUT2D eigenvalue weighted by atomic mass is 35.5. The number of anilines is 1. The van der Waals surface area contributed by atoms with Gasteiger partial charge >= 0.3 is 0 Å². The smallest absolute Gasteiger partial charge is 0.170 e. The monoisotopic (exact) mass is 465 g/mol. The second-order valence-electron chi connectivity index (χ2n) is 8.83. The lowest BCUT2D eigenvalue weighted by Gasteiger charge is -2.50. The van der Waals surface area contributed by atoms with Gasteiger partial charge in [0.15, 0.2) is 5.11 Å². The van der Waals surface area contributed by atoms with Crippen LogP contribution in [-0.4, -0.2) is 45.5 Å². The van der Waals surface area contributed by atoms with E-state index < -0.39 is 0 Å². The summed E-state index contributed by atoms with van der Waals surface area (Å²) in [5.41, 5.74) is 4.54. The largest absolute Gasteiger partial charge is 0.361 e. The lowest BCUT2D eigenvalue weighted by molar-refractivity contribution is 0.0303. The Labute approximate surface area is 199 Å². The Morgan fingerprint density at radius 3 is 2.66 bits per heavy atom. The van der Waals surface area contributed by atoms with E-state index in [2.05, 4.69) is 57.6 Å². The van der Waals surface area contributed by atoms with Crippen LogP contribution in [0.4, 0.5) is 5.69 Å². The van der Waals surface area contributed by atoms with Crippen LogP contribution in [0.1, 0.15) is 24.5 Å². The zero-order valence-corrected chi connectivity index (χ0v) is 19.7. The van der Waals surface area contributed by atoms with Gasteiger partial charge in [0.05, 0.1) is 5.69 Å². The molecule has 3 aliphatic rings. The molecule has 0 saturated carbocycles. The molecule has 32 heavy (non-hydrogen) atoms. The Kier molecular flexibility index (Phi) is 6.17. The number of nitrogens with one attached hydrogen (secondary N) is 2. The third-order valence-electron chi connectivity index (χ3n) is 6.84. The maximum Gasteiger partial charge on any atom is 0.170 e. The molecule has 0 spiro atoms. The summed E-state index contributed by atoms with van der Waals surface area (Å²) in [4.78, 5) is 2.62. The molecule has 0 amide bonds. The molecule has 2 aromatic carbocycles. The molecule has 4 atom stereocenters. The highest BCUT2D eigenvalue weighted by Crippen LogP contribution is 2.42. The van der Waals surface area contributed by atoms with Gasteiger partial charge in [0, 0.05) is 54.1 Å². The van der Waals surface area contributed by atoms with Crippen LogP contribution in [0.2, 0.25) is 5.02 Å². The predicted molar refractivity (Wildman–Crippen MR) is 135 cm³/mol. The zero-order valence-electron chi connectivity index (χ0n) is 18.2. The van der Waals surface area contributed by atoms with Gasteiger partial charge in [-0.25, -0.2) is 0 Å². The van der Waals surface area contributed by atoms with Crippen LogP contribution in [0.5, 0.6) is 0 Å². The summed E-state index contributed by atoms with van der Waals surface area (Å²) in [5.74, 6) is 1.22. The number of hydrogen-bond donors (Lipinski definition) is 2. The molecule has 3 fully saturated rings. The van der Waals surface area contributed by atoms with Crippen LogP contribution >= 0.6 is 23.8 Å². The molecule has 1 aromatic heterocycles. The van der Waals surface area contributed by atoms with Crippen molar-refractivity contribution >= 4 is 34.6 Å². The summed E-state index contributed by atoms with van der Waals surface area (Å²) in [5, 5.41) is 12.9. The van der Waals surface area contributed by atoms with E-state index in [9.17, 15) is 0 Å². The lowest BCUT2D eigenvalue weighted by atomic mass is 9.74. The number of piperidine rings is 3. The fraction of sp³-hybridized carbons (Fsp3) is 0.360. The SMILES string of the molecule is Cn1nc(-c2ccccc2)cc1[C@@H]1CN2CC[C@H]1C[C@@H]2CNC(=S)Nc1ccc(Cl)cc1. The van der Waals surface area contributed by atoms with Gasteiger partial charge in [0.1, 0.15) is 0 Å². The zero-order chi connectivity index (χ0) is 22.1. The highest BCUT2D eigenvalue weighted by Gasteiger charge is 2.41. The molecule has 5 nitrogen and oxygen atoms in total. The summed E-state index contributed by atoms with van der Waals surface area (Å²) in [7, 11) is 2.08. The number of thiocarbonyl (C=S) groups is 1. The van der Waals surface area contributed by atoms with Crippen molar-refractivity contribution < 1.29 is 0 Å². The lowest BCUT2D eigenvalue weighted by Crippen LogP contribution is -2.56. The molecule has 0 aliphatic carbocycles. The quantitative estimate of drug-likeness (QED) is 0.524. The molecule has 3 saturated heterocycles. The Morgan fingerprint density at radius 1 is 1.16 bits per heavy atom. The molecule has 7 heteroatoms. The topological polar surface area (TPSA) is 45.1 Å². The van der Waals surface area contributed by atoms with Gasteiger partial charge in [-0.2, -0.15) is 5.10 Å². The number of aryl methyl sites for hydroxylation is 1. The molecule has 4 heterocycles. The van der Waals surface area contributed by atoms with E-state index in [4.69, 9.17) is 28.9 Å². The van der Waals surface area contributed by atoms with Gasteiger partial charge in [0.25, 0.3) is 0 Å². The first kappa shape index (κ1) is 21.4. The molecule has 0 radical (unpaired) electrons. The van der Waals surface area contributed by atoms with E-state index in [-0.39, 0.29) is 0 Å². The molecule has 3 aliphatic heterocycles. The molecular weight excluding hydrogens is 438 g/mol. The molecule has 2 N–H and O–H groups in total. The molecule has 2 bridgehead atoms. The van der Waals surface area contributed by atoms with Crippen molar-refractivity contribution in [2.75, 3.05) is 25.0 Å². The van der Waals surface area contributed by atoms with Crippen molar-refractivity contribution in [1.29, 1.82) is 0 Å². The number of hydrogen-bond acceptors (Lipinski definition) is 3. The van der Waals surface area contributed by atoms with E-state index in [1.165, 1.54) is 24.1 Å². The minimum atomic E-state index is 0.511. The number of aromatic nitrogens is 2. The van der Waals surface area contributed by atoms with Gasteiger partial charge in [-0.15, -0.1) is 0 Å². The second-order valence-corrected chi connectivity index (χ2v) is 9.67. The summed E-state index contributed by atoms with van der Waals surface area (Å²) < 4.78 is 2.09. The maximum atomic E-state index is 5.96. The first-order valence-corrected chi connectivity index (χ1v) is 12.0. The standard InChI is InChI=1S/C25H28ClN5S/c1-30-24(14-23(29-30)17-5-3-2-4-6-17)22-16-31-12-11-18(22)13-21(31)15-27-25(32)28-20-9-7-19(26)8-10-20/h2-10,14,18,21-22H,11-13,15-16H2,1H3,(H2,27,28,32)/t18-,21+,22+/m0/s1. The molecule has 166 valence electrons. The average molecular weight is 466 g/mol. The van der Waals surface area contributed by atoms with E-state index in [1.807, 2.05) is 30.3 Å². The summed E-state index contributed by atoms with van der Waals surface area (Å²) >= 11 is 11.5. The van der Waals surface area contributed by atoms with Crippen LogP contribution in [0.3, 0.4) is 0 Å². The fourth-order valence-corrected chi connectivity index (χ4v) is 5.51. The van der Waals surface area contributed by atoms with Gasteiger partial charge in [-0.3, -0.25) is 9.58 Å². The number of rotatable bonds is 5. The Balaban J connectivity index is 1.20. The van der Waals surface area contributed by atoms with E-state index in [0.29, 0.717) is 23.0 Å². The molecule has 3 aromatic rings. The third-order valence-corrected chi connectivity index (χ3v) is 7.34. The van der Waals surface area contributed by atoms with Gasteiger partial charge in [-0.1, -0.05) is 41.9 Å². The Hall–Kier alpha value is -2.41. The summed E-state index contributed by atoms with van der Waals surface area (Å²) in [6.07, 6.45) is 2.44. The minimum absolute atomic E-state index is 0.511. The fourth-order valence-electron chi connectivity index (χ4n) is 5.18. The van der Waals surface area contributed by atoms with Crippen LogP contribution in [0.15, 0.2) is 60.7 Å². The van der Waals surface area contributed by atoms with Gasteiger partial charge in [-0.05, 0) is 67.9 Å². The van der Waals surface area contributed by atoms with Crippen LogP contribution in [0, 0.1) is 5.92 Å².